The Morgan fingerprint density at radius 1 is 1.29 bits per heavy atom. The van der Waals surface area contributed by atoms with Gasteiger partial charge in [0, 0.05) is 17.5 Å². The lowest BCUT2D eigenvalue weighted by atomic mass is 10.1. The average molecular weight is 212 g/mol. The minimum absolute atomic E-state index is 0.0248. The van der Waals surface area contributed by atoms with Crippen LogP contribution < -0.4 is 5.32 Å². The fourth-order valence-electron chi connectivity index (χ4n) is 0.943. The number of halogens is 1. The highest BCUT2D eigenvalue weighted by Crippen LogP contribution is 2.09. The predicted octanol–water partition coefficient (Wildman–Crippen LogP) is 1.66. The molecule has 0 saturated heterocycles. The number of hydrogen-bond acceptors (Lipinski definition) is 2. The van der Waals surface area contributed by atoms with Gasteiger partial charge in [-0.15, -0.1) is 0 Å². The number of benzene rings is 1. The minimum atomic E-state index is -0.215. The molecule has 0 fully saturated rings. The molecule has 74 valence electrons. The first-order valence-electron chi connectivity index (χ1n) is 4.13. The third kappa shape index (κ3) is 3.18. The Kier molecular flexibility index (Phi) is 3.65. The maximum Gasteiger partial charge on any atom is 0.217 e. The van der Waals surface area contributed by atoms with Crippen LogP contribution in [-0.2, 0) is 4.79 Å². The maximum atomic E-state index is 11.4. The van der Waals surface area contributed by atoms with Crippen molar-refractivity contribution in [2.75, 3.05) is 6.54 Å². The van der Waals surface area contributed by atoms with E-state index in [1.54, 1.807) is 24.3 Å². The molecule has 0 saturated carbocycles. The first-order chi connectivity index (χ1) is 6.59. The van der Waals surface area contributed by atoms with Gasteiger partial charge in [0.1, 0.15) is 0 Å². The summed E-state index contributed by atoms with van der Waals surface area (Å²) in [7, 11) is 0. The molecule has 0 bridgehead atoms. The van der Waals surface area contributed by atoms with Crippen molar-refractivity contribution in [3.63, 3.8) is 0 Å². The van der Waals surface area contributed by atoms with E-state index in [-0.39, 0.29) is 18.2 Å². The summed E-state index contributed by atoms with van der Waals surface area (Å²) < 4.78 is 0. The standard InChI is InChI=1S/C10H10ClNO2/c1-7(13)12-6-10(14)8-2-4-9(11)5-3-8/h2-5H,6H2,1H3,(H,12,13). The molecule has 0 aliphatic rings. The molecule has 0 atom stereocenters. The first kappa shape index (κ1) is 10.7. The summed E-state index contributed by atoms with van der Waals surface area (Å²) in [6, 6.07) is 6.55. The highest BCUT2D eigenvalue weighted by atomic mass is 35.5. The Bertz CT molecular complexity index is 346. The topological polar surface area (TPSA) is 46.2 Å². The van der Waals surface area contributed by atoms with E-state index in [0.717, 1.165) is 0 Å². The van der Waals surface area contributed by atoms with Crippen molar-refractivity contribution in [3.05, 3.63) is 34.9 Å². The van der Waals surface area contributed by atoms with Crippen LogP contribution in [0.5, 0.6) is 0 Å². The van der Waals surface area contributed by atoms with Crippen molar-refractivity contribution >= 4 is 23.3 Å². The van der Waals surface area contributed by atoms with Crippen LogP contribution in [-0.4, -0.2) is 18.2 Å². The van der Waals surface area contributed by atoms with Crippen LogP contribution in [0.3, 0.4) is 0 Å². The number of nitrogens with one attached hydrogen (secondary N) is 1. The van der Waals surface area contributed by atoms with Gasteiger partial charge in [-0.3, -0.25) is 9.59 Å². The summed E-state index contributed by atoms with van der Waals surface area (Å²) in [6.07, 6.45) is 0. The van der Waals surface area contributed by atoms with Gasteiger partial charge in [-0.05, 0) is 24.3 Å². The number of Topliss-reactive ketones (excluding diaryl/α,β-unsaturated/α-hetero) is 1. The summed E-state index contributed by atoms with van der Waals surface area (Å²) in [5.74, 6) is -0.343. The molecular weight excluding hydrogens is 202 g/mol. The molecule has 0 aliphatic heterocycles. The lowest BCUT2D eigenvalue weighted by Gasteiger charge is -2.01. The zero-order valence-corrected chi connectivity index (χ0v) is 8.47. The Morgan fingerprint density at radius 2 is 1.86 bits per heavy atom. The maximum absolute atomic E-state index is 11.4. The van der Waals surface area contributed by atoms with Crippen molar-refractivity contribution in [1.82, 2.24) is 5.32 Å². The Hall–Kier alpha value is -1.35. The van der Waals surface area contributed by atoms with Gasteiger partial charge in [0.15, 0.2) is 5.78 Å². The molecule has 0 heterocycles. The second kappa shape index (κ2) is 4.77. The van der Waals surface area contributed by atoms with E-state index in [1.807, 2.05) is 0 Å². The average Bonchev–Trinajstić information content (AvgIpc) is 2.15. The van der Waals surface area contributed by atoms with Crippen molar-refractivity contribution in [2.24, 2.45) is 0 Å². The van der Waals surface area contributed by atoms with Crippen LogP contribution in [0, 0.1) is 0 Å². The van der Waals surface area contributed by atoms with E-state index in [1.165, 1.54) is 6.92 Å². The fraction of sp³-hybridized carbons (Fsp3) is 0.200. The summed E-state index contributed by atoms with van der Waals surface area (Å²) in [4.78, 5) is 22.0. The molecule has 1 N–H and O–H groups in total. The molecule has 0 unspecified atom stereocenters. The van der Waals surface area contributed by atoms with Gasteiger partial charge in [-0.25, -0.2) is 0 Å². The molecule has 3 nitrogen and oxygen atoms in total. The summed E-state index contributed by atoms with van der Waals surface area (Å²) in [5.41, 5.74) is 0.545. The fourth-order valence-corrected chi connectivity index (χ4v) is 1.07. The molecule has 0 radical (unpaired) electrons. The second-order valence-electron chi connectivity index (χ2n) is 2.84. The number of carbonyl (C=O) groups excluding carboxylic acids is 2. The number of amides is 1. The number of ketones is 1. The van der Waals surface area contributed by atoms with Crippen molar-refractivity contribution in [2.45, 2.75) is 6.92 Å². The molecule has 0 spiro atoms. The van der Waals surface area contributed by atoms with E-state index >= 15 is 0 Å². The van der Waals surface area contributed by atoms with Crippen LogP contribution in [0.2, 0.25) is 5.02 Å². The Labute approximate surface area is 87.1 Å². The molecule has 1 aromatic carbocycles. The van der Waals surface area contributed by atoms with Crippen molar-refractivity contribution < 1.29 is 9.59 Å². The van der Waals surface area contributed by atoms with Gasteiger partial charge in [0.05, 0.1) is 6.54 Å². The zero-order valence-electron chi connectivity index (χ0n) is 7.71. The molecular formula is C10H10ClNO2. The van der Waals surface area contributed by atoms with Gasteiger partial charge < -0.3 is 5.32 Å². The molecule has 1 rings (SSSR count). The quantitative estimate of drug-likeness (QED) is 0.773. The van der Waals surface area contributed by atoms with Crippen LogP contribution in [0.25, 0.3) is 0 Å². The smallest absolute Gasteiger partial charge is 0.217 e. The molecule has 1 amide bonds. The first-order valence-corrected chi connectivity index (χ1v) is 4.50. The molecule has 14 heavy (non-hydrogen) atoms. The SMILES string of the molecule is CC(=O)NCC(=O)c1ccc(Cl)cc1. The molecule has 1 aromatic rings. The molecule has 0 aliphatic carbocycles. The molecule has 0 aromatic heterocycles. The third-order valence-electron chi connectivity index (χ3n) is 1.66. The third-order valence-corrected chi connectivity index (χ3v) is 1.92. The van der Waals surface area contributed by atoms with E-state index in [9.17, 15) is 9.59 Å². The minimum Gasteiger partial charge on any atom is -0.349 e. The van der Waals surface area contributed by atoms with Crippen molar-refractivity contribution in [3.8, 4) is 0 Å². The van der Waals surface area contributed by atoms with Gasteiger partial charge >= 0.3 is 0 Å². The van der Waals surface area contributed by atoms with Crippen molar-refractivity contribution in [1.29, 1.82) is 0 Å². The highest BCUT2D eigenvalue weighted by Gasteiger charge is 2.05. The molecule has 4 heteroatoms. The Balaban J connectivity index is 2.61. The number of carbonyl (C=O) groups is 2. The highest BCUT2D eigenvalue weighted by molar-refractivity contribution is 6.30. The zero-order chi connectivity index (χ0) is 10.6. The van der Waals surface area contributed by atoms with Gasteiger partial charge in [0.2, 0.25) is 5.91 Å². The number of rotatable bonds is 3. The lowest BCUT2D eigenvalue weighted by Crippen LogP contribution is -2.27. The summed E-state index contributed by atoms with van der Waals surface area (Å²) in [5, 5.41) is 3.02. The van der Waals surface area contributed by atoms with Crippen LogP contribution >= 0.6 is 11.6 Å². The van der Waals surface area contributed by atoms with E-state index in [2.05, 4.69) is 5.32 Å². The van der Waals surface area contributed by atoms with E-state index in [0.29, 0.717) is 10.6 Å². The lowest BCUT2D eigenvalue weighted by molar-refractivity contribution is -0.118. The van der Waals surface area contributed by atoms with Crippen LogP contribution in [0.4, 0.5) is 0 Å². The van der Waals surface area contributed by atoms with E-state index in [4.69, 9.17) is 11.6 Å². The van der Waals surface area contributed by atoms with Gasteiger partial charge in [0.25, 0.3) is 0 Å². The van der Waals surface area contributed by atoms with Gasteiger partial charge in [-0.2, -0.15) is 0 Å². The summed E-state index contributed by atoms with van der Waals surface area (Å²) >= 11 is 5.66. The summed E-state index contributed by atoms with van der Waals surface area (Å²) in [6.45, 7) is 1.39. The van der Waals surface area contributed by atoms with E-state index < -0.39 is 0 Å². The second-order valence-corrected chi connectivity index (χ2v) is 3.28. The predicted molar refractivity (Wildman–Crippen MR) is 54.5 cm³/mol. The largest absolute Gasteiger partial charge is 0.349 e. The number of hydrogen-bond donors (Lipinski definition) is 1. The normalized spacial score (nSPS) is 9.57. The van der Waals surface area contributed by atoms with Crippen LogP contribution in [0.1, 0.15) is 17.3 Å². The Morgan fingerprint density at radius 3 is 2.36 bits per heavy atom. The van der Waals surface area contributed by atoms with Crippen LogP contribution in [0.15, 0.2) is 24.3 Å². The monoisotopic (exact) mass is 211 g/mol. The van der Waals surface area contributed by atoms with Gasteiger partial charge in [-0.1, -0.05) is 11.6 Å².